The predicted molar refractivity (Wildman–Crippen MR) is 124 cm³/mol. The van der Waals surface area contributed by atoms with Crippen molar-refractivity contribution < 1.29 is 18.6 Å². The number of hydrogen-bond donors (Lipinski definition) is 1. The fourth-order valence-electron chi connectivity index (χ4n) is 4.33. The van der Waals surface area contributed by atoms with Crippen molar-refractivity contribution in [3.63, 3.8) is 0 Å². The van der Waals surface area contributed by atoms with Crippen LogP contribution in [-0.4, -0.2) is 16.3 Å². The first kappa shape index (κ1) is 20.1. The number of nitrogens with zero attached hydrogens (tertiary/aromatic N) is 1. The van der Waals surface area contributed by atoms with Crippen molar-refractivity contribution in [2.75, 3.05) is 6.61 Å². The molecule has 0 radical (unpaired) electrons. The van der Waals surface area contributed by atoms with Gasteiger partial charge in [0.2, 0.25) is 0 Å². The summed E-state index contributed by atoms with van der Waals surface area (Å²) in [4.78, 5) is 0. The smallest absolute Gasteiger partial charge is 0.162 e. The molecule has 5 aromatic rings. The molecule has 160 valence electrons. The molecule has 0 aliphatic heterocycles. The summed E-state index contributed by atoms with van der Waals surface area (Å²) in [5, 5.41) is 13.5. The second-order valence-corrected chi connectivity index (χ2v) is 7.75. The van der Waals surface area contributed by atoms with Gasteiger partial charge >= 0.3 is 0 Å². The van der Waals surface area contributed by atoms with Crippen LogP contribution in [0.4, 0.5) is 8.78 Å². The minimum atomic E-state index is -0.997. The normalized spacial score (nSPS) is 11.4. The molecule has 5 rings (SSSR count). The summed E-state index contributed by atoms with van der Waals surface area (Å²) in [6, 6.07) is 21.7. The van der Waals surface area contributed by atoms with E-state index in [9.17, 15) is 13.9 Å². The maximum atomic E-state index is 14.2. The Labute approximate surface area is 184 Å². The first-order valence-corrected chi connectivity index (χ1v) is 10.4. The zero-order chi connectivity index (χ0) is 22.4. The number of rotatable bonds is 4. The number of fused-ring (bicyclic) bond motifs is 3. The Morgan fingerprint density at radius 1 is 0.812 bits per heavy atom. The van der Waals surface area contributed by atoms with Gasteiger partial charge < -0.3 is 14.4 Å². The Morgan fingerprint density at radius 2 is 1.41 bits per heavy atom. The van der Waals surface area contributed by atoms with Crippen LogP contribution in [0.1, 0.15) is 12.5 Å². The monoisotopic (exact) mass is 429 g/mol. The fraction of sp³-hybridized carbons (Fsp3) is 0.111. The second-order valence-electron chi connectivity index (χ2n) is 7.75. The van der Waals surface area contributed by atoms with Crippen LogP contribution < -0.4 is 4.74 Å². The van der Waals surface area contributed by atoms with E-state index in [1.165, 1.54) is 0 Å². The molecule has 0 unspecified atom stereocenters. The molecule has 0 bridgehead atoms. The van der Waals surface area contributed by atoms with Gasteiger partial charge in [-0.25, -0.2) is 8.78 Å². The third kappa shape index (κ3) is 3.09. The Bertz CT molecular complexity index is 1430. The lowest BCUT2D eigenvalue weighted by molar-refractivity contribution is 0.337. The van der Waals surface area contributed by atoms with Crippen molar-refractivity contribution in [2.45, 2.75) is 13.8 Å². The van der Waals surface area contributed by atoms with Crippen LogP contribution in [0.5, 0.6) is 11.5 Å². The van der Waals surface area contributed by atoms with Gasteiger partial charge in [-0.2, -0.15) is 0 Å². The molecule has 1 heterocycles. The minimum absolute atomic E-state index is 0.0333. The molecule has 5 heteroatoms. The number of benzene rings is 4. The van der Waals surface area contributed by atoms with Gasteiger partial charge in [0.05, 0.1) is 23.3 Å². The van der Waals surface area contributed by atoms with Crippen molar-refractivity contribution in [1.29, 1.82) is 0 Å². The molecular weight excluding hydrogens is 408 g/mol. The summed E-state index contributed by atoms with van der Waals surface area (Å²) < 4.78 is 35.7. The molecule has 32 heavy (non-hydrogen) atoms. The summed E-state index contributed by atoms with van der Waals surface area (Å²) in [5.41, 5.74) is 3.98. The molecule has 0 atom stereocenters. The number of hydrogen-bond acceptors (Lipinski definition) is 2. The predicted octanol–water partition coefficient (Wildman–Crippen LogP) is 7.14. The van der Waals surface area contributed by atoms with Gasteiger partial charge in [0, 0.05) is 28.0 Å². The standard InChI is InChI=1S/C27H21F2NO2/c1-3-32-26-15-22(29)21(28)14-19(26)20-12-16(2)13-25(27(20)31)30-23-10-6-4-8-17(23)18-9-5-7-11-24(18)30/h4-15,31H,3H2,1-2H3. The first-order valence-electron chi connectivity index (χ1n) is 10.4. The Morgan fingerprint density at radius 3 is 2.03 bits per heavy atom. The SMILES string of the molecule is CCOc1cc(F)c(F)cc1-c1cc(C)cc(-n2c3ccccc3c3ccccc32)c1O. The van der Waals surface area contributed by atoms with Gasteiger partial charge in [-0.3, -0.25) is 0 Å². The highest BCUT2D eigenvalue weighted by Crippen LogP contribution is 2.43. The van der Waals surface area contributed by atoms with Crippen molar-refractivity contribution in [1.82, 2.24) is 4.57 Å². The van der Waals surface area contributed by atoms with Crippen LogP contribution in [0.3, 0.4) is 0 Å². The van der Waals surface area contributed by atoms with E-state index in [1.807, 2.05) is 66.1 Å². The van der Waals surface area contributed by atoms with Gasteiger partial charge in [-0.1, -0.05) is 36.4 Å². The number of halogens is 2. The lowest BCUT2D eigenvalue weighted by Gasteiger charge is -2.17. The third-order valence-corrected chi connectivity index (χ3v) is 5.67. The Hall–Kier alpha value is -3.86. The highest BCUT2D eigenvalue weighted by atomic mass is 19.2. The van der Waals surface area contributed by atoms with Gasteiger partial charge in [0.15, 0.2) is 11.6 Å². The van der Waals surface area contributed by atoms with Crippen molar-refractivity contribution >= 4 is 21.8 Å². The molecule has 3 nitrogen and oxygen atoms in total. The minimum Gasteiger partial charge on any atom is -0.505 e. The quantitative estimate of drug-likeness (QED) is 0.329. The van der Waals surface area contributed by atoms with Gasteiger partial charge in [-0.15, -0.1) is 0 Å². The molecule has 0 aliphatic carbocycles. The van der Waals surface area contributed by atoms with Gasteiger partial charge in [0.25, 0.3) is 0 Å². The summed E-state index contributed by atoms with van der Waals surface area (Å²) in [5.74, 6) is -1.84. The molecular formula is C27H21F2NO2. The van der Waals surface area contributed by atoms with E-state index < -0.39 is 11.6 Å². The number of ether oxygens (including phenoxy) is 1. The largest absolute Gasteiger partial charge is 0.505 e. The van der Waals surface area contributed by atoms with Crippen molar-refractivity contribution in [2.24, 2.45) is 0 Å². The van der Waals surface area contributed by atoms with E-state index in [1.54, 1.807) is 13.0 Å². The lowest BCUT2D eigenvalue weighted by Crippen LogP contribution is -2.00. The molecule has 1 aromatic heterocycles. The molecule has 0 amide bonds. The Balaban J connectivity index is 1.85. The van der Waals surface area contributed by atoms with E-state index in [0.29, 0.717) is 16.8 Å². The van der Waals surface area contributed by atoms with Crippen LogP contribution in [0.2, 0.25) is 0 Å². The summed E-state index contributed by atoms with van der Waals surface area (Å²) in [7, 11) is 0. The van der Waals surface area contributed by atoms with Gasteiger partial charge in [0.1, 0.15) is 11.5 Å². The molecule has 0 spiro atoms. The topological polar surface area (TPSA) is 34.4 Å². The second kappa shape index (κ2) is 7.68. The summed E-state index contributed by atoms with van der Waals surface area (Å²) in [6.45, 7) is 3.95. The number of aromatic hydroxyl groups is 1. The maximum absolute atomic E-state index is 14.2. The van der Waals surface area contributed by atoms with Crippen molar-refractivity contribution in [3.05, 3.63) is 90.0 Å². The average molecular weight is 429 g/mol. The number of phenolic OH excluding ortho intramolecular Hbond substituents is 1. The van der Waals surface area contributed by atoms with Crippen LogP contribution in [0.15, 0.2) is 72.8 Å². The van der Waals surface area contributed by atoms with E-state index in [0.717, 1.165) is 39.5 Å². The zero-order valence-corrected chi connectivity index (χ0v) is 17.7. The van der Waals surface area contributed by atoms with Crippen LogP contribution in [0.25, 0.3) is 38.6 Å². The summed E-state index contributed by atoms with van der Waals surface area (Å²) in [6.07, 6.45) is 0. The first-order chi connectivity index (χ1) is 15.5. The molecule has 0 saturated heterocycles. The highest BCUT2D eigenvalue weighted by Gasteiger charge is 2.21. The van der Waals surface area contributed by atoms with Crippen LogP contribution >= 0.6 is 0 Å². The number of aromatic nitrogens is 1. The molecule has 0 saturated carbocycles. The summed E-state index contributed by atoms with van der Waals surface area (Å²) >= 11 is 0. The Kier molecular flexibility index (Phi) is 4.82. The van der Waals surface area contributed by atoms with Gasteiger partial charge in [-0.05, 0) is 49.7 Å². The van der Waals surface area contributed by atoms with Crippen molar-refractivity contribution in [3.8, 4) is 28.3 Å². The number of para-hydroxylation sites is 2. The van der Waals surface area contributed by atoms with E-state index in [4.69, 9.17) is 4.74 Å². The number of aryl methyl sites for hydroxylation is 1. The molecule has 1 N–H and O–H groups in total. The molecule has 0 aliphatic rings. The fourth-order valence-corrected chi connectivity index (χ4v) is 4.33. The third-order valence-electron chi connectivity index (χ3n) is 5.67. The maximum Gasteiger partial charge on any atom is 0.162 e. The molecule has 4 aromatic carbocycles. The lowest BCUT2D eigenvalue weighted by atomic mass is 9.99. The average Bonchev–Trinajstić information content (AvgIpc) is 3.12. The highest BCUT2D eigenvalue weighted by molar-refractivity contribution is 6.09. The number of phenols is 1. The van der Waals surface area contributed by atoms with E-state index >= 15 is 0 Å². The molecule has 0 fully saturated rings. The van der Waals surface area contributed by atoms with Crippen LogP contribution in [-0.2, 0) is 0 Å². The van der Waals surface area contributed by atoms with Crippen LogP contribution in [0, 0.1) is 18.6 Å². The van der Waals surface area contributed by atoms with E-state index in [2.05, 4.69) is 0 Å². The zero-order valence-electron chi connectivity index (χ0n) is 17.7. The van der Waals surface area contributed by atoms with E-state index in [-0.39, 0.29) is 18.1 Å².